The summed E-state index contributed by atoms with van der Waals surface area (Å²) in [6.07, 6.45) is 1.80. The number of hydrogen-bond donors (Lipinski definition) is 3. The fraction of sp³-hybridized carbons (Fsp3) is 0.118. The molecule has 2 aromatic carbocycles. The number of fused-ring (bicyclic) bond motifs is 1. The molecule has 0 radical (unpaired) electrons. The van der Waals surface area contributed by atoms with Crippen LogP contribution in [-0.2, 0) is 0 Å². The molecule has 21 heavy (non-hydrogen) atoms. The quantitative estimate of drug-likeness (QED) is 0.638. The van der Waals surface area contributed by atoms with Crippen LogP contribution in [-0.4, -0.2) is 11.0 Å². The molecule has 0 bridgehead atoms. The molecule has 4 heteroatoms. The Morgan fingerprint density at radius 3 is 2.62 bits per heavy atom. The number of H-pyrrole nitrogens is 1. The number of hydrogen-bond acceptors (Lipinski definition) is 1. The van der Waals surface area contributed by atoms with Gasteiger partial charge in [-0.15, -0.1) is 0 Å². The molecule has 0 atom stereocenters. The summed E-state index contributed by atoms with van der Waals surface area (Å²) >= 11 is 0. The van der Waals surface area contributed by atoms with Crippen LogP contribution in [0.5, 0.6) is 0 Å². The Bertz CT molecular complexity index is 805. The van der Waals surface area contributed by atoms with Crippen LogP contribution in [0.15, 0.2) is 48.7 Å². The highest BCUT2D eigenvalue weighted by Gasteiger charge is 2.08. The predicted octanol–water partition coefficient (Wildman–Crippen LogP) is 4.43. The van der Waals surface area contributed by atoms with Gasteiger partial charge < -0.3 is 15.6 Å². The van der Waals surface area contributed by atoms with Crippen molar-refractivity contribution in [2.45, 2.75) is 13.8 Å². The summed E-state index contributed by atoms with van der Waals surface area (Å²) in [6, 6.07) is 13.6. The SMILES string of the molecule is Cc1ccc(C)c(NC(=O)Nc2c[nH]c3ccccc23)c1. The van der Waals surface area contributed by atoms with Gasteiger partial charge in [-0.1, -0.05) is 30.3 Å². The van der Waals surface area contributed by atoms with Crippen LogP contribution >= 0.6 is 0 Å². The minimum atomic E-state index is -0.242. The molecule has 2 amide bonds. The fourth-order valence-corrected chi connectivity index (χ4v) is 2.32. The Balaban J connectivity index is 1.79. The highest BCUT2D eigenvalue weighted by Crippen LogP contribution is 2.23. The molecule has 0 saturated carbocycles. The average Bonchev–Trinajstić information content (AvgIpc) is 2.86. The summed E-state index contributed by atoms with van der Waals surface area (Å²) in [4.78, 5) is 15.3. The van der Waals surface area contributed by atoms with Gasteiger partial charge in [0.15, 0.2) is 0 Å². The molecule has 1 aromatic heterocycles. The van der Waals surface area contributed by atoms with Crippen LogP contribution in [0.2, 0.25) is 0 Å². The molecule has 0 saturated heterocycles. The predicted molar refractivity (Wildman–Crippen MR) is 86.9 cm³/mol. The molecular formula is C17H17N3O. The lowest BCUT2D eigenvalue weighted by Gasteiger charge is -2.10. The lowest BCUT2D eigenvalue weighted by molar-refractivity contribution is 0.262. The van der Waals surface area contributed by atoms with Crippen LogP contribution in [0.3, 0.4) is 0 Å². The van der Waals surface area contributed by atoms with Gasteiger partial charge in [-0.25, -0.2) is 4.79 Å². The van der Waals surface area contributed by atoms with Gasteiger partial charge in [0, 0.05) is 22.8 Å². The molecule has 0 aliphatic heterocycles. The van der Waals surface area contributed by atoms with Gasteiger partial charge in [0.1, 0.15) is 0 Å². The Kier molecular flexibility index (Phi) is 3.36. The second kappa shape index (κ2) is 5.32. The van der Waals surface area contributed by atoms with E-state index in [1.165, 1.54) is 0 Å². The number of anilines is 2. The van der Waals surface area contributed by atoms with Gasteiger partial charge >= 0.3 is 6.03 Å². The maximum Gasteiger partial charge on any atom is 0.323 e. The van der Waals surface area contributed by atoms with Crippen molar-refractivity contribution in [1.29, 1.82) is 0 Å². The van der Waals surface area contributed by atoms with E-state index in [-0.39, 0.29) is 6.03 Å². The lowest BCUT2D eigenvalue weighted by atomic mass is 10.1. The number of carbonyl (C=O) groups excluding carboxylic acids is 1. The summed E-state index contributed by atoms with van der Waals surface area (Å²) in [6.45, 7) is 3.98. The summed E-state index contributed by atoms with van der Waals surface area (Å²) in [5.41, 5.74) is 4.75. The first kappa shape index (κ1) is 13.2. The molecule has 106 valence electrons. The Morgan fingerprint density at radius 1 is 1.00 bits per heavy atom. The zero-order valence-electron chi connectivity index (χ0n) is 12.0. The summed E-state index contributed by atoms with van der Waals surface area (Å²) < 4.78 is 0. The molecule has 0 spiro atoms. The number of rotatable bonds is 2. The minimum absolute atomic E-state index is 0.242. The van der Waals surface area contributed by atoms with E-state index in [1.807, 2.05) is 56.3 Å². The second-order valence-corrected chi connectivity index (χ2v) is 5.15. The van der Waals surface area contributed by atoms with Crippen LogP contribution in [0.4, 0.5) is 16.2 Å². The number of aromatic nitrogens is 1. The largest absolute Gasteiger partial charge is 0.359 e. The van der Waals surface area contributed by atoms with Crippen molar-refractivity contribution in [3.8, 4) is 0 Å². The smallest absolute Gasteiger partial charge is 0.323 e. The monoisotopic (exact) mass is 279 g/mol. The lowest BCUT2D eigenvalue weighted by Crippen LogP contribution is -2.19. The van der Waals surface area contributed by atoms with E-state index < -0.39 is 0 Å². The molecule has 3 rings (SSSR count). The number of benzene rings is 2. The molecule has 3 N–H and O–H groups in total. The van der Waals surface area contributed by atoms with Crippen LogP contribution in [0.1, 0.15) is 11.1 Å². The topological polar surface area (TPSA) is 56.9 Å². The van der Waals surface area contributed by atoms with E-state index in [2.05, 4.69) is 15.6 Å². The highest BCUT2D eigenvalue weighted by atomic mass is 16.2. The normalized spacial score (nSPS) is 10.6. The van der Waals surface area contributed by atoms with E-state index in [9.17, 15) is 4.79 Å². The first-order valence-electron chi connectivity index (χ1n) is 6.85. The van der Waals surface area contributed by atoms with E-state index in [4.69, 9.17) is 0 Å². The molecule has 3 aromatic rings. The van der Waals surface area contributed by atoms with Crippen LogP contribution < -0.4 is 10.6 Å². The van der Waals surface area contributed by atoms with E-state index in [0.717, 1.165) is 33.4 Å². The van der Waals surface area contributed by atoms with Gasteiger partial charge in [-0.2, -0.15) is 0 Å². The molecule has 0 unspecified atom stereocenters. The summed E-state index contributed by atoms with van der Waals surface area (Å²) in [5.74, 6) is 0. The Labute approximate surface area is 123 Å². The van der Waals surface area contributed by atoms with Crippen molar-refractivity contribution in [2.24, 2.45) is 0 Å². The van der Waals surface area contributed by atoms with Crippen molar-refractivity contribution in [1.82, 2.24) is 4.98 Å². The maximum atomic E-state index is 12.2. The zero-order chi connectivity index (χ0) is 14.8. The van der Waals surface area contributed by atoms with Crippen molar-refractivity contribution < 1.29 is 4.79 Å². The van der Waals surface area contributed by atoms with Crippen molar-refractivity contribution in [3.05, 3.63) is 59.8 Å². The first-order chi connectivity index (χ1) is 10.1. The van der Waals surface area contributed by atoms with Gasteiger partial charge in [-0.3, -0.25) is 0 Å². The fourth-order valence-electron chi connectivity index (χ4n) is 2.32. The summed E-state index contributed by atoms with van der Waals surface area (Å²) in [5, 5.41) is 6.76. The molecule has 0 aliphatic rings. The number of para-hydroxylation sites is 1. The summed E-state index contributed by atoms with van der Waals surface area (Å²) in [7, 11) is 0. The zero-order valence-corrected chi connectivity index (χ0v) is 12.0. The van der Waals surface area contributed by atoms with Crippen molar-refractivity contribution >= 4 is 28.3 Å². The third-order valence-electron chi connectivity index (χ3n) is 3.48. The average molecular weight is 279 g/mol. The third kappa shape index (κ3) is 2.74. The molecule has 0 aliphatic carbocycles. The van der Waals surface area contributed by atoms with Gasteiger partial charge in [0.25, 0.3) is 0 Å². The van der Waals surface area contributed by atoms with Crippen LogP contribution in [0.25, 0.3) is 10.9 Å². The van der Waals surface area contributed by atoms with Crippen molar-refractivity contribution in [2.75, 3.05) is 10.6 Å². The number of nitrogens with one attached hydrogen (secondary N) is 3. The number of aromatic amines is 1. The van der Waals surface area contributed by atoms with E-state index >= 15 is 0 Å². The van der Waals surface area contributed by atoms with Gasteiger partial charge in [-0.05, 0) is 37.1 Å². The van der Waals surface area contributed by atoms with Gasteiger partial charge in [0.05, 0.1) is 5.69 Å². The molecule has 1 heterocycles. The standard InChI is InChI=1S/C17H17N3O/c1-11-7-8-12(2)15(9-11)19-17(21)20-16-10-18-14-6-4-3-5-13(14)16/h3-10,18H,1-2H3,(H2,19,20,21). The van der Waals surface area contributed by atoms with Gasteiger partial charge in [0.2, 0.25) is 0 Å². The molecule has 0 fully saturated rings. The number of aryl methyl sites for hydroxylation is 2. The van der Waals surface area contributed by atoms with Crippen molar-refractivity contribution in [3.63, 3.8) is 0 Å². The number of urea groups is 1. The number of amides is 2. The third-order valence-corrected chi connectivity index (χ3v) is 3.48. The maximum absolute atomic E-state index is 12.2. The van der Waals surface area contributed by atoms with Crippen LogP contribution in [0, 0.1) is 13.8 Å². The number of carbonyl (C=O) groups is 1. The second-order valence-electron chi connectivity index (χ2n) is 5.15. The Hall–Kier alpha value is -2.75. The molecule has 4 nitrogen and oxygen atoms in total. The Morgan fingerprint density at radius 2 is 1.76 bits per heavy atom. The molecular weight excluding hydrogens is 262 g/mol. The first-order valence-corrected chi connectivity index (χ1v) is 6.85. The van der Waals surface area contributed by atoms with E-state index in [0.29, 0.717) is 0 Å². The van der Waals surface area contributed by atoms with E-state index in [1.54, 1.807) is 6.20 Å². The highest BCUT2D eigenvalue weighted by molar-refractivity contribution is 6.06. The minimum Gasteiger partial charge on any atom is -0.359 e.